The van der Waals surface area contributed by atoms with Gasteiger partial charge in [-0.05, 0) is 31.2 Å². The summed E-state index contributed by atoms with van der Waals surface area (Å²) in [6.45, 7) is 0. The normalized spacial score (nSPS) is 15.7. The van der Waals surface area contributed by atoms with Gasteiger partial charge in [0, 0.05) is 12.8 Å². The minimum absolute atomic E-state index is 0.0566. The van der Waals surface area contributed by atoms with E-state index in [1.165, 1.54) is 0 Å². The van der Waals surface area contributed by atoms with Crippen LogP contribution in [0.4, 0.5) is 0 Å². The van der Waals surface area contributed by atoms with Crippen LogP contribution in [0.3, 0.4) is 0 Å². The van der Waals surface area contributed by atoms with Gasteiger partial charge in [0.2, 0.25) is 0 Å². The van der Waals surface area contributed by atoms with E-state index in [4.69, 9.17) is 10.7 Å². The van der Waals surface area contributed by atoms with Gasteiger partial charge in [-0.15, -0.1) is 5.06 Å². The molecule has 1 atom stereocenters. The van der Waals surface area contributed by atoms with Crippen LogP contribution in [0.5, 0.6) is 5.75 Å². The van der Waals surface area contributed by atoms with Crippen molar-refractivity contribution in [2.75, 3.05) is 7.05 Å². The van der Waals surface area contributed by atoms with Crippen LogP contribution < -0.4 is 16.1 Å². The molecule has 1 fully saturated rings. The minimum Gasteiger partial charge on any atom is -0.329 e. The van der Waals surface area contributed by atoms with Crippen molar-refractivity contribution in [2.45, 2.75) is 25.3 Å². The summed E-state index contributed by atoms with van der Waals surface area (Å²) in [5, 5.41) is 3.32. The fourth-order valence-corrected chi connectivity index (χ4v) is 2.09. The Kier molecular flexibility index (Phi) is 5.63. The van der Waals surface area contributed by atoms with E-state index in [2.05, 4.69) is 15.2 Å². The smallest absolute Gasteiger partial charge is 0.329 e. The van der Waals surface area contributed by atoms with Crippen molar-refractivity contribution in [2.24, 2.45) is 5.90 Å². The van der Waals surface area contributed by atoms with Crippen LogP contribution >= 0.6 is 0 Å². The van der Waals surface area contributed by atoms with Gasteiger partial charge in [-0.3, -0.25) is 9.59 Å². The molecule has 1 aliphatic rings. The van der Waals surface area contributed by atoms with E-state index in [-0.39, 0.29) is 12.8 Å². The first-order chi connectivity index (χ1) is 11.0. The number of carbonyl (C=O) groups is 3. The highest BCUT2D eigenvalue weighted by Crippen LogP contribution is 2.16. The molecule has 3 N–H and O–H groups in total. The van der Waals surface area contributed by atoms with Gasteiger partial charge >= 0.3 is 5.97 Å². The Labute approximate surface area is 132 Å². The van der Waals surface area contributed by atoms with Crippen LogP contribution in [-0.4, -0.2) is 35.9 Å². The second kappa shape index (κ2) is 7.68. The van der Waals surface area contributed by atoms with Gasteiger partial charge in [0.15, 0.2) is 5.75 Å². The molecule has 23 heavy (non-hydrogen) atoms. The van der Waals surface area contributed by atoms with Crippen LogP contribution in [0.2, 0.25) is 0 Å². The summed E-state index contributed by atoms with van der Waals surface area (Å²) >= 11 is 0. The topological polar surface area (TPSA) is 120 Å². The van der Waals surface area contributed by atoms with Gasteiger partial charge in [0.05, 0.1) is 0 Å². The Hall–Kier alpha value is -2.49. The molecule has 1 heterocycles. The molecule has 124 valence electrons. The summed E-state index contributed by atoms with van der Waals surface area (Å²) in [5.41, 5.74) is 0.810. The Morgan fingerprint density at radius 2 is 1.87 bits per heavy atom. The lowest BCUT2D eigenvalue weighted by Gasteiger charge is -2.18. The van der Waals surface area contributed by atoms with Crippen LogP contribution in [-0.2, 0) is 30.6 Å². The average molecular weight is 323 g/mol. The van der Waals surface area contributed by atoms with E-state index in [1.807, 2.05) is 0 Å². The Morgan fingerprint density at radius 1 is 1.26 bits per heavy atom. The molecule has 9 nitrogen and oxygen atoms in total. The number of nitrogens with two attached hydrogens (primary N) is 1. The molecule has 1 aromatic rings. The maximum atomic E-state index is 12.1. The molecule has 2 rings (SSSR count). The highest BCUT2D eigenvalue weighted by atomic mass is 17.3. The summed E-state index contributed by atoms with van der Waals surface area (Å²) < 4.78 is 0. The molecular weight excluding hydrogens is 306 g/mol. The van der Waals surface area contributed by atoms with Gasteiger partial charge in [-0.25, -0.2) is 4.79 Å². The zero-order chi connectivity index (χ0) is 16.8. The first kappa shape index (κ1) is 16.9. The number of hydrogen-bond donors (Lipinski definition) is 2. The van der Waals surface area contributed by atoms with Crippen molar-refractivity contribution < 1.29 is 29.1 Å². The molecule has 1 aliphatic heterocycles. The number of nitrogens with one attached hydrogen (secondary N) is 1. The van der Waals surface area contributed by atoms with Crippen molar-refractivity contribution in [3.63, 3.8) is 0 Å². The quantitative estimate of drug-likeness (QED) is 0.395. The predicted molar refractivity (Wildman–Crippen MR) is 76.1 cm³/mol. The molecule has 1 aromatic carbocycles. The van der Waals surface area contributed by atoms with Gasteiger partial charge in [-0.1, -0.05) is 17.1 Å². The van der Waals surface area contributed by atoms with E-state index in [0.717, 1.165) is 5.56 Å². The van der Waals surface area contributed by atoms with E-state index in [9.17, 15) is 14.4 Å². The third-order valence-electron chi connectivity index (χ3n) is 3.33. The number of amides is 2. The molecule has 0 radical (unpaired) electrons. The Balaban J connectivity index is 1.97. The standard InChI is InChI=1S/C14H17N3O6/c1-16-11(8-9-2-4-10(5-3-9)22-23-15)14(20)21-17-12(18)6-7-13(17)19/h2-5,11,16H,6-8,15H2,1H3. The van der Waals surface area contributed by atoms with Gasteiger partial charge in [0.1, 0.15) is 6.04 Å². The van der Waals surface area contributed by atoms with Gasteiger partial charge < -0.3 is 15.0 Å². The maximum Gasteiger partial charge on any atom is 0.350 e. The SMILES string of the molecule is CNC(Cc1ccc(OON)cc1)C(=O)ON1C(=O)CCC1=O. The van der Waals surface area contributed by atoms with Crippen LogP contribution in [0.1, 0.15) is 18.4 Å². The van der Waals surface area contributed by atoms with Gasteiger partial charge in [0.25, 0.3) is 11.8 Å². The predicted octanol–water partition coefficient (Wildman–Crippen LogP) is -0.392. The molecule has 9 heteroatoms. The van der Waals surface area contributed by atoms with E-state index < -0.39 is 23.8 Å². The molecule has 0 saturated carbocycles. The molecule has 2 amide bonds. The summed E-state index contributed by atoms with van der Waals surface area (Å²) in [7, 11) is 1.58. The fraction of sp³-hybridized carbons (Fsp3) is 0.357. The van der Waals surface area contributed by atoms with Crippen molar-refractivity contribution >= 4 is 17.8 Å². The molecule has 1 unspecified atom stereocenters. The number of rotatable bonds is 7. The first-order valence-corrected chi connectivity index (χ1v) is 6.92. The minimum atomic E-state index is -0.714. The molecular formula is C14H17N3O6. The summed E-state index contributed by atoms with van der Waals surface area (Å²) in [4.78, 5) is 48.6. The number of nitrogens with zero attached hydrogens (tertiary/aromatic N) is 1. The molecule has 1 saturated heterocycles. The highest BCUT2D eigenvalue weighted by molar-refractivity contribution is 6.01. The largest absolute Gasteiger partial charge is 0.350 e. The summed E-state index contributed by atoms with van der Waals surface area (Å²) in [5.74, 6) is 3.47. The zero-order valence-corrected chi connectivity index (χ0v) is 12.5. The van der Waals surface area contributed by atoms with Crippen LogP contribution in [0.25, 0.3) is 0 Å². The zero-order valence-electron chi connectivity index (χ0n) is 12.5. The fourth-order valence-electron chi connectivity index (χ4n) is 2.09. The first-order valence-electron chi connectivity index (χ1n) is 6.92. The monoisotopic (exact) mass is 323 g/mol. The molecule has 0 spiro atoms. The second-order valence-electron chi connectivity index (χ2n) is 4.86. The maximum absolute atomic E-state index is 12.1. The lowest BCUT2D eigenvalue weighted by molar-refractivity contribution is -0.211. The second-order valence-corrected chi connectivity index (χ2v) is 4.86. The Morgan fingerprint density at radius 3 is 2.39 bits per heavy atom. The number of benzene rings is 1. The van der Waals surface area contributed by atoms with E-state index in [0.29, 0.717) is 17.2 Å². The number of likely N-dealkylation sites (N-methyl/N-ethyl adjacent to an activating group) is 1. The summed E-state index contributed by atoms with van der Waals surface area (Å²) in [6, 6.07) is 5.96. The molecule has 0 aromatic heterocycles. The summed E-state index contributed by atoms with van der Waals surface area (Å²) in [6.07, 6.45) is 0.414. The van der Waals surface area contributed by atoms with Crippen molar-refractivity contribution in [3.05, 3.63) is 29.8 Å². The van der Waals surface area contributed by atoms with E-state index >= 15 is 0 Å². The number of carbonyl (C=O) groups excluding carboxylic acids is 3. The molecule has 0 bridgehead atoms. The van der Waals surface area contributed by atoms with Crippen molar-refractivity contribution in [1.29, 1.82) is 0 Å². The lowest BCUT2D eigenvalue weighted by Crippen LogP contribution is -2.42. The van der Waals surface area contributed by atoms with Crippen molar-refractivity contribution in [3.8, 4) is 5.75 Å². The van der Waals surface area contributed by atoms with E-state index in [1.54, 1.807) is 31.3 Å². The third-order valence-corrected chi connectivity index (χ3v) is 3.33. The van der Waals surface area contributed by atoms with Gasteiger partial charge in [-0.2, -0.15) is 5.90 Å². The third kappa shape index (κ3) is 4.25. The number of imide groups is 1. The van der Waals surface area contributed by atoms with Crippen molar-refractivity contribution in [1.82, 2.24) is 10.4 Å². The number of hydroxylamine groups is 2. The lowest BCUT2D eigenvalue weighted by atomic mass is 10.1. The number of hydrogen-bond acceptors (Lipinski definition) is 8. The van der Waals surface area contributed by atoms with Crippen LogP contribution in [0.15, 0.2) is 24.3 Å². The average Bonchev–Trinajstić information content (AvgIpc) is 2.86. The Bertz CT molecular complexity index is 573. The highest BCUT2D eigenvalue weighted by Gasteiger charge is 2.34. The molecule has 0 aliphatic carbocycles. The van der Waals surface area contributed by atoms with Crippen LogP contribution in [0, 0.1) is 0 Å².